The first-order chi connectivity index (χ1) is 10.6. The van der Waals surface area contributed by atoms with Gasteiger partial charge in [0.25, 0.3) is 0 Å². The van der Waals surface area contributed by atoms with Crippen LogP contribution in [0.1, 0.15) is 38.5 Å². The molecule has 5 aliphatic rings. The average molecular weight is 321 g/mol. The predicted molar refractivity (Wildman–Crippen MR) is 83.7 cm³/mol. The van der Waals surface area contributed by atoms with Gasteiger partial charge in [0, 0.05) is 5.71 Å². The van der Waals surface area contributed by atoms with Crippen molar-refractivity contribution in [2.75, 3.05) is 0 Å². The van der Waals surface area contributed by atoms with Gasteiger partial charge in [0.1, 0.15) is 5.25 Å². The fourth-order valence-electron chi connectivity index (χ4n) is 4.68. The fraction of sp³-hybridized carbons (Fsp3) is 0.733. The SMILES string of the molecule is O=C(O)CC1S/C(=N/N=C2C3CC4CC(C3)CC2C4)NC1=O. The molecule has 5 fully saturated rings. The quantitative estimate of drug-likeness (QED) is 0.776. The molecule has 4 aliphatic carbocycles. The summed E-state index contributed by atoms with van der Waals surface area (Å²) in [5.74, 6) is 1.68. The number of amidine groups is 1. The van der Waals surface area contributed by atoms with E-state index < -0.39 is 11.2 Å². The van der Waals surface area contributed by atoms with Gasteiger partial charge in [-0.1, -0.05) is 11.8 Å². The van der Waals surface area contributed by atoms with Gasteiger partial charge in [0.2, 0.25) is 5.91 Å². The number of nitrogens with zero attached hydrogens (tertiary/aromatic N) is 2. The Kier molecular flexibility index (Phi) is 3.47. The Morgan fingerprint density at radius 3 is 2.36 bits per heavy atom. The Balaban J connectivity index is 1.47. The summed E-state index contributed by atoms with van der Waals surface area (Å²) in [5, 5.41) is 20.0. The van der Waals surface area contributed by atoms with E-state index in [2.05, 4.69) is 15.5 Å². The Morgan fingerprint density at radius 1 is 1.14 bits per heavy atom. The number of nitrogens with one attached hydrogen (secondary N) is 1. The zero-order valence-corrected chi connectivity index (χ0v) is 13.0. The lowest BCUT2D eigenvalue weighted by molar-refractivity contribution is -0.138. The molecule has 1 atom stereocenters. The summed E-state index contributed by atoms with van der Waals surface area (Å²) in [7, 11) is 0. The highest BCUT2D eigenvalue weighted by Gasteiger charge is 2.46. The lowest BCUT2D eigenvalue weighted by Crippen LogP contribution is -2.45. The molecule has 1 aliphatic heterocycles. The maximum absolute atomic E-state index is 11.7. The van der Waals surface area contributed by atoms with E-state index in [0.29, 0.717) is 17.0 Å². The molecule has 4 bridgehead atoms. The van der Waals surface area contributed by atoms with Crippen molar-refractivity contribution in [2.45, 2.75) is 43.8 Å². The topological polar surface area (TPSA) is 91.1 Å². The van der Waals surface area contributed by atoms with Crippen molar-refractivity contribution in [1.82, 2.24) is 5.32 Å². The van der Waals surface area contributed by atoms with Gasteiger partial charge in [-0.05, 0) is 55.8 Å². The van der Waals surface area contributed by atoms with Gasteiger partial charge < -0.3 is 10.4 Å². The number of amides is 1. The van der Waals surface area contributed by atoms with Gasteiger partial charge in [-0.3, -0.25) is 9.59 Å². The molecule has 5 rings (SSSR count). The number of carboxylic acids is 1. The summed E-state index contributed by atoms with van der Waals surface area (Å²) < 4.78 is 0. The second-order valence-electron chi connectivity index (χ2n) is 6.93. The zero-order chi connectivity index (χ0) is 15.3. The van der Waals surface area contributed by atoms with E-state index in [4.69, 9.17) is 5.11 Å². The van der Waals surface area contributed by atoms with Crippen LogP contribution in [0.2, 0.25) is 0 Å². The van der Waals surface area contributed by atoms with Crippen LogP contribution in [-0.2, 0) is 9.59 Å². The maximum Gasteiger partial charge on any atom is 0.305 e. The molecular weight excluding hydrogens is 302 g/mol. The van der Waals surface area contributed by atoms with Crippen molar-refractivity contribution in [3.63, 3.8) is 0 Å². The smallest absolute Gasteiger partial charge is 0.305 e. The summed E-state index contributed by atoms with van der Waals surface area (Å²) in [6, 6.07) is 0. The molecule has 1 unspecified atom stereocenters. The van der Waals surface area contributed by atoms with Gasteiger partial charge >= 0.3 is 5.97 Å². The van der Waals surface area contributed by atoms with Crippen LogP contribution in [0.4, 0.5) is 0 Å². The standard InChI is InChI=1S/C15H19N3O3S/c19-12(20)6-11-14(21)16-15(22-11)18-17-13-9-2-7-1-8(4-9)5-10(13)3-7/h7-11H,1-6H2,(H,19,20)(H,16,18,21). The van der Waals surface area contributed by atoms with Crippen molar-refractivity contribution in [3.05, 3.63) is 0 Å². The van der Waals surface area contributed by atoms with Gasteiger partial charge in [-0.2, -0.15) is 5.10 Å². The zero-order valence-electron chi connectivity index (χ0n) is 12.2. The molecule has 4 saturated carbocycles. The molecule has 118 valence electrons. The number of carbonyl (C=O) groups excluding carboxylic acids is 1. The minimum atomic E-state index is -0.971. The van der Waals surface area contributed by atoms with E-state index in [9.17, 15) is 9.59 Å². The van der Waals surface area contributed by atoms with Gasteiger partial charge in [0.05, 0.1) is 6.42 Å². The van der Waals surface area contributed by atoms with Gasteiger partial charge in [-0.25, -0.2) is 0 Å². The number of rotatable bonds is 3. The number of hydrogen-bond donors (Lipinski definition) is 2. The highest BCUT2D eigenvalue weighted by molar-refractivity contribution is 8.15. The van der Waals surface area contributed by atoms with Gasteiger partial charge in [-0.15, -0.1) is 5.10 Å². The number of thioether (sulfide) groups is 1. The Morgan fingerprint density at radius 2 is 1.77 bits per heavy atom. The Bertz CT molecular complexity index is 557. The van der Waals surface area contributed by atoms with E-state index in [1.165, 1.54) is 49.6 Å². The number of aliphatic carboxylic acids is 1. The molecule has 0 aromatic rings. The van der Waals surface area contributed by atoms with E-state index in [1.807, 2.05) is 0 Å². The lowest BCUT2D eigenvalue weighted by atomic mass is 9.55. The molecule has 0 radical (unpaired) electrons. The van der Waals surface area contributed by atoms with Gasteiger partial charge in [0.15, 0.2) is 5.17 Å². The van der Waals surface area contributed by atoms with Crippen LogP contribution >= 0.6 is 11.8 Å². The van der Waals surface area contributed by atoms with Crippen molar-refractivity contribution in [2.24, 2.45) is 33.9 Å². The predicted octanol–water partition coefficient (Wildman–Crippen LogP) is 1.86. The third-order valence-electron chi connectivity index (χ3n) is 5.37. The molecular formula is C15H19N3O3S. The van der Waals surface area contributed by atoms with Crippen LogP contribution in [0.5, 0.6) is 0 Å². The second-order valence-corrected chi connectivity index (χ2v) is 8.12. The summed E-state index contributed by atoms with van der Waals surface area (Å²) in [5.41, 5.74) is 1.22. The fourth-order valence-corrected chi connectivity index (χ4v) is 5.59. The lowest BCUT2D eigenvalue weighted by Gasteiger charge is -2.50. The minimum absolute atomic E-state index is 0.180. The normalized spacial score (nSPS) is 41.1. The van der Waals surface area contributed by atoms with Crippen LogP contribution in [0.15, 0.2) is 10.2 Å². The molecule has 1 heterocycles. The molecule has 7 heteroatoms. The molecule has 2 N–H and O–H groups in total. The van der Waals surface area contributed by atoms with E-state index in [0.717, 1.165) is 11.8 Å². The first-order valence-corrected chi connectivity index (χ1v) is 8.81. The molecule has 0 aromatic carbocycles. The number of hydrogen-bond acceptors (Lipinski definition) is 5. The van der Waals surface area contributed by atoms with Crippen LogP contribution in [0.3, 0.4) is 0 Å². The monoisotopic (exact) mass is 321 g/mol. The number of carbonyl (C=O) groups is 2. The Labute approximate surface area is 132 Å². The van der Waals surface area contributed by atoms with Crippen LogP contribution in [-0.4, -0.2) is 33.1 Å². The Hall–Kier alpha value is -1.37. The van der Waals surface area contributed by atoms with Crippen LogP contribution < -0.4 is 5.32 Å². The largest absolute Gasteiger partial charge is 0.481 e. The number of carboxylic acid groups (broad SMARTS) is 1. The summed E-state index contributed by atoms with van der Waals surface area (Å²) in [6.07, 6.45) is 6.21. The second kappa shape index (κ2) is 5.37. The van der Waals surface area contributed by atoms with Crippen molar-refractivity contribution in [3.8, 4) is 0 Å². The van der Waals surface area contributed by atoms with Crippen molar-refractivity contribution < 1.29 is 14.7 Å². The average Bonchev–Trinajstić information content (AvgIpc) is 2.77. The molecule has 1 amide bonds. The molecule has 6 nitrogen and oxygen atoms in total. The molecule has 0 aromatic heterocycles. The maximum atomic E-state index is 11.7. The van der Waals surface area contributed by atoms with E-state index in [1.54, 1.807) is 0 Å². The summed E-state index contributed by atoms with van der Waals surface area (Å²) >= 11 is 1.17. The third kappa shape index (κ3) is 2.55. The minimum Gasteiger partial charge on any atom is -0.481 e. The highest BCUT2D eigenvalue weighted by atomic mass is 32.2. The van der Waals surface area contributed by atoms with Crippen LogP contribution in [0.25, 0.3) is 0 Å². The van der Waals surface area contributed by atoms with Crippen molar-refractivity contribution in [1.29, 1.82) is 0 Å². The van der Waals surface area contributed by atoms with E-state index in [-0.39, 0.29) is 12.3 Å². The third-order valence-corrected chi connectivity index (χ3v) is 6.44. The highest BCUT2D eigenvalue weighted by Crippen LogP contribution is 2.52. The summed E-state index contributed by atoms with van der Waals surface area (Å²) in [6.45, 7) is 0. The first kappa shape index (κ1) is 14.2. The van der Waals surface area contributed by atoms with E-state index >= 15 is 0 Å². The molecule has 1 saturated heterocycles. The van der Waals surface area contributed by atoms with Crippen molar-refractivity contribution >= 4 is 34.5 Å². The molecule has 22 heavy (non-hydrogen) atoms. The first-order valence-electron chi connectivity index (χ1n) is 7.93. The van der Waals surface area contributed by atoms with Crippen LogP contribution in [0, 0.1) is 23.7 Å². The summed E-state index contributed by atoms with van der Waals surface area (Å²) in [4.78, 5) is 22.4. The molecule has 0 spiro atoms.